The van der Waals surface area contributed by atoms with Crippen LogP contribution in [0.2, 0.25) is 0 Å². The Bertz CT molecular complexity index is 890. The molecule has 0 saturated carbocycles. The minimum atomic E-state index is -0.934. The van der Waals surface area contributed by atoms with Gasteiger partial charge in [0.05, 0.1) is 0 Å². The van der Waals surface area contributed by atoms with Crippen LogP contribution in [0.4, 0.5) is 5.69 Å². The molecule has 3 aromatic rings. The molecule has 0 unspecified atom stereocenters. The number of anilines is 1. The molecular weight excluding hydrogens is 380 g/mol. The Hall–Kier alpha value is -2.62. The molecule has 3 heteroatoms. The highest BCUT2D eigenvalue weighted by Crippen LogP contribution is 2.41. The Morgan fingerprint density at radius 1 is 0.806 bits per heavy atom. The van der Waals surface area contributed by atoms with Crippen molar-refractivity contribution in [2.75, 3.05) is 38.6 Å². The summed E-state index contributed by atoms with van der Waals surface area (Å²) < 4.78 is 0. The van der Waals surface area contributed by atoms with Gasteiger partial charge in [0.25, 0.3) is 0 Å². The Labute approximate surface area is 187 Å². The van der Waals surface area contributed by atoms with Crippen molar-refractivity contribution in [1.29, 1.82) is 0 Å². The van der Waals surface area contributed by atoms with Crippen molar-refractivity contribution < 1.29 is 5.11 Å². The van der Waals surface area contributed by atoms with Crippen molar-refractivity contribution >= 4 is 5.69 Å². The van der Waals surface area contributed by atoms with E-state index < -0.39 is 5.60 Å². The number of hydrogen-bond donors (Lipinski definition) is 1. The maximum atomic E-state index is 12.0. The van der Waals surface area contributed by atoms with E-state index in [1.54, 1.807) is 0 Å². The molecule has 0 bridgehead atoms. The molecule has 1 heterocycles. The van der Waals surface area contributed by atoms with Gasteiger partial charge in [-0.05, 0) is 67.1 Å². The maximum absolute atomic E-state index is 12.0. The summed E-state index contributed by atoms with van der Waals surface area (Å²) in [6.07, 6.45) is 3.07. The van der Waals surface area contributed by atoms with Crippen molar-refractivity contribution in [3.8, 4) is 0 Å². The summed E-state index contributed by atoms with van der Waals surface area (Å²) >= 11 is 0. The maximum Gasteiger partial charge on any atom is 0.117 e. The lowest BCUT2D eigenvalue weighted by molar-refractivity contribution is -0.0140. The van der Waals surface area contributed by atoms with E-state index in [1.165, 1.54) is 11.3 Å². The predicted octanol–water partition coefficient (Wildman–Crippen LogP) is 4.94. The number of rotatable bonds is 7. The molecule has 1 aliphatic rings. The first-order valence-electron chi connectivity index (χ1n) is 11.4. The van der Waals surface area contributed by atoms with Crippen LogP contribution >= 0.6 is 0 Å². The highest BCUT2D eigenvalue weighted by Gasteiger charge is 2.41. The van der Waals surface area contributed by atoms with E-state index in [1.807, 2.05) is 36.4 Å². The largest absolute Gasteiger partial charge is 0.380 e. The summed E-state index contributed by atoms with van der Waals surface area (Å²) in [5.74, 6) is 0.216. The second-order valence-electron chi connectivity index (χ2n) is 8.93. The molecular formula is C28H34N2O. The fraction of sp³-hybridized carbons (Fsp3) is 0.357. The highest BCUT2D eigenvalue weighted by molar-refractivity contribution is 5.46. The lowest BCUT2D eigenvalue weighted by Gasteiger charge is -2.42. The van der Waals surface area contributed by atoms with Crippen LogP contribution in [0.25, 0.3) is 0 Å². The van der Waals surface area contributed by atoms with Crippen molar-refractivity contribution in [3.05, 3.63) is 102 Å². The zero-order valence-electron chi connectivity index (χ0n) is 18.7. The Balaban J connectivity index is 1.41. The average Bonchev–Trinajstić information content (AvgIpc) is 2.84. The van der Waals surface area contributed by atoms with Crippen molar-refractivity contribution in [2.45, 2.75) is 24.9 Å². The normalized spacial score (nSPS) is 15.7. The van der Waals surface area contributed by atoms with E-state index in [-0.39, 0.29) is 5.92 Å². The van der Waals surface area contributed by atoms with Crippen molar-refractivity contribution in [3.63, 3.8) is 0 Å². The second-order valence-corrected chi connectivity index (χ2v) is 8.93. The third-order valence-electron chi connectivity index (χ3n) is 6.78. The van der Waals surface area contributed by atoms with Gasteiger partial charge in [-0.3, -0.25) is 0 Å². The van der Waals surface area contributed by atoms with Gasteiger partial charge in [0.15, 0.2) is 0 Å². The van der Waals surface area contributed by atoms with Gasteiger partial charge in [0.1, 0.15) is 5.60 Å². The Morgan fingerprint density at radius 3 is 1.81 bits per heavy atom. The Morgan fingerprint density at radius 2 is 1.32 bits per heavy atom. The number of hydrogen-bond acceptors (Lipinski definition) is 3. The summed E-state index contributed by atoms with van der Waals surface area (Å²) in [5.41, 5.74) is 3.70. The molecule has 0 aliphatic carbocycles. The van der Waals surface area contributed by atoms with Crippen LogP contribution in [0.5, 0.6) is 0 Å². The summed E-state index contributed by atoms with van der Waals surface area (Å²) in [4.78, 5) is 4.68. The summed E-state index contributed by atoms with van der Waals surface area (Å²) in [5, 5.41) is 12.0. The monoisotopic (exact) mass is 414 g/mol. The number of piperidine rings is 1. The van der Waals surface area contributed by atoms with Crippen molar-refractivity contribution in [1.82, 2.24) is 4.90 Å². The molecule has 0 aromatic heterocycles. The van der Waals surface area contributed by atoms with Gasteiger partial charge in [-0.25, -0.2) is 0 Å². The van der Waals surface area contributed by atoms with Crippen LogP contribution < -0.4 is 4.90 Å². The van der Waals surface area contributed by atoms with E-state index in [9.17, 15) is 5.11 Å². The van der Waals surface area contributed by atoms with Crippen LogP contribution in [0, 0.1) is 5.92 Å². The number of aliphatic hydroxyl groups is 1. The van der Waals surface area contributed by atoms with Gasteiger partial charge in [-0.15, -0.1) is 0 Å². The first-order chi connectivity index (χ1) is 15.1. The molecule has 0 radical (unpaired) electrons. The quantitative estimate of drug-likeness (QED) is 0.593. The fourth-order valence-electron chi connectivity index (χ4n) is 4.84. The highest BCUT2D eigenvalue weighted by atomic mass is 16.3. The van der Waals surface area contributed by atoms with Crippen LogP contribution in [-0.4, -0.2) is 43.7 Å². The minimum absolute atomic E-state index is 0.216. The zero-order chi connectivity index (χ0) is 21.7. The van der Waals surface area contributed by atoms with Gasteiger partial charge >= 0.3 is 0 Å². The van der Waals surface area contributed by atoms with Crippen LogP contribution in [0.15, 0.2) is 84.9 Å². The molecule has 31 heavy (non-hydrogen) atoms. The molecule has 3 nitrogen and oxygen atoms in total. The smallest absolute Gasteiger partial charge is 0.117 e. The van der Waals surface area contributed by atoms with Gasteiger partial charge in [0, 0.05) is 26.3 Å². The zero-order valence-corrected chi connectivity index (χ0v) is 18.7. The minimum Gasteiger partial charge on any atom is -0.380 e. The third-order valence-corrected chi connectivity index (χ3v) is 6.78. The SMILES string of the molecule is CN(C)c1ccc(CCN2CCC(C(O)(c3ccccc3)c3ccccc3)CC2)cc1. The van der Waals surface area contributed by atoms with Gasteiger partial charge in [-0.1, -0.05) is 72.8 Å². The lowest BCUT2D eigenvalue weighted by Crippen LogP contribution is -2.44. The second kappa shape index (κ2) is 9.67. The number of benzene rings is 3. The molecule has 1 saturated heterocycles. The van der Waals surface area contributed by atoms with Gasteiger partial charge in [-0.2, -0.15) is 0 Å². The molecule has 0 spiro atoms. The van der Waals surface area contributed by atoms with Crippen LogP contribution in [-0.2, 0) is 12.0 Å². The number of nitrogens with zero attached hydrogens (tertiary/aromatic N) is 2. The van der Waals surface area contributed by atoms with E-state index in [2.05, 4.69) is 72.4 Å². The summed E-state index contributed by atoms with van der Waals surface area (Å²) in [7, 11) is 4.15. The molecule has 0 amide bonds. The molecule has 1 fully saturated rings. The number of likely N-dealkylation sites (tertiary alicyclic amines) is 1. The summed E-state index contributed by atoms with van der Waals surface area (Å²) in [6, 6.07) is 29.3. The lowest BCUT2D eigenvalue weighted by atomic mass is 9.72. The Kier molecular flexibility index (Phi) is 6.74. The molecule has 1 aliphatic heterocycles. The van der Waals surface area contributed by atoms with Crippen LogP contribution in [0.3, 0.4) is 0 Å². The molecule has 4 rings (SSSR count). The molecule has 0 atom stereocenters. The van der Waals surface area contributed by atoms with E-state index >= 15 is 0 Å². The van der Waals surface area contributed by atoms with Gasteiger partial charge in [0.2, 0.25) is 0 Å². The first kappa shape index (κ1) is 21.6. The molecule has 3 aromatic carbocycles. The van der Waals surface area contributed by atoms with E-state index in [0.717, 1.165) is 50.0 Å². The molecule has 1 N–H and O–H groups in total. The topological polar surface area (TPSA) is 26.7 Å². The first-order valence-corrected chi connectivity index (χ1v) is 11.4. The fourth-order valence-corrected chi connectivity index (χ4v) is 4.84. The standard InChI is InChI=1S/C28H34N2O/c1-29(2)27-15-13-23(14-16-27)17-20-30-21-18-26(19-22-30)28(31,24-9-5-3-6-10-24)25-11-7-4-8-12-25/h3-16,26,31H,17-22H2,1-2H3. The summed E-state index contributed by atoms with van der Waals surface area (Å²) in [6.45, 7) is 3.13. The van der Waals surface area contributed by atoms with E-state index in [0.29, 0.717) is 0 Å². The predicted molar refractivity (Wildman–Crippen MR) is 130 cm³/mol. The average molecular weight is 415 g/mol. The molecule has 162 valence electrons. The van der Waals surface area contributed by atoms with Crippen molar-refractivity contribution in [2.24, 2.45) is 5.92 Å². The third kappa shape index (κ3) is 4.84. The van der Waals surface area contributed by atoms with Crippen LogP contribution in [0.1, 0.15) is 29.5 Å². The van der Waals surface area contributed by atoms with E-state index in [4.69, 9.17) is 0 Å². The van der Waals surface area contributed by atoms with Gasteiger partial charge < -0.3 is 14.9 Å².